The van der Waals surface area contributed by atoms with Crippen molar-refractivity contribution in [3.05, 3.63) is 41.4 Å². The number of aromatic nitrogens is 1. The highest BCUT2D eigenvalue weighted by molar-refractivity contribution is 7.22. The standard InChI is InChI=1S/C22H24ClN3O4S.ClH/c1-25(2)8-3-9-26(21(27)14-30-16-6-4-15(23)5-7-16)22-24-17-12-18-19(13-20(17)31-22)29-11-10-28-18;/h4-7,12-13H,3,8-11,14H2,1-2H3;1H/p-1. The summed E-state index contributed by atoms with van der Waals surface area (Å²) in [7, 11) is 4.02. The maximum atomic E-state index is 13.1. The molecule has 3 aromatic rings. The van der Waals surface area contributed by atoms with E-state index in [1.165, 1.54) is 11.3 Å². The lowest BCUT2D eigenvalue weighted by Gasteiger charge is -2.21. The van der Waals surface area contributed by atoms with Crippen LogP contribution in [-0.4, -0.2) is 62.8 Å². The molecule has 1 aromatic heterocycles. The third-order valence-corrected chi connectivity index (χ3v) is 6.03. The van der Waals surface area contributed by atoms with Crippen LogP contribution in [0.25, 0.3) is 10.2 Å². The largest absolute Gasteiger partial charge is 1.00 e. The number of anilines is 1. The van der Waals surface area contributed by atoms with Crippen molar-refractivity contribution in [2.75, 3.05) is 51.9 Å². The molecule has 1 aliphatic rings. The van der Waals surface area contributed by atoms with E-state index in [4.69, 9.17) is 30.8 Å². The van der Waals surface area contributed by atoms with Crippen LogP contribution in [0.5, 0.6) is 17.2 Å². The fourth-order valence-corrected chi connectivity index (χ4v) is 4.34. The molecule has 2 heterocycles. The smallest absolute Gasteiger partial charge is 0.266 e. The fourth-order valence-electron chi connectivity index (χ4n) is 3.19. The first-order chi connectivity index (χ1) is 15.0. The van der Waals surface area contributed by atoms with Crippen molar-refractivity contribution < 1.29 is 31.4 Å². The zero-order valence-corrected chi connectivity index (χ0v) is 20.2. The molecule has 0 bridgehead atoms. The Labute approximate surface area is 202 Å². The summed E-state index contributed by atoms with van der Waals surface area (Å²) < 4.78 is 18.0. The molecule has 1 amide bonds. The van der Waals surface area contributed by atoms with Gasteiger partial charge < -0.3 is 31.5 Å². The molecular weight excluding hydrogens is 473 g/mol. The van der Waals surface area contributed by atoms with Crippen LogP contribution in [-0.2, 0) is 4.79 Å². The van der Waals surface area contributed by atoms with Gasteiger partial charge in [0, 0.05) is 23.7 Å². The highest BCUT2D eigenvalue weighted by Crippen LogP contribution is 2.38. The molecule has 0 fully saturated rings. The number of halogens is 2. The van der Waals surface area contributed by atoms with Crippen LogP contribution in [0.15, 0.2) is 36.4 Å². The Hall–Kier alpha value is -2.26. The number of hydrogen-bond acceptors (Lipinski definition) is 7. The number of carbonyl (C=O) groups excluding carboxylic acids is 1. The number of benzene rings is 2. The first kappa shape index (κ1) is 24.4. The topological polar surface area (TPSA) is 64.1 Å². The monoisotopic (exact) mass is 496 g/mol. The number of hydrogen-bond donors (Lipinski definition) is 0. The molecule has 4 rings (SSSR count). The van der Waals surface area contributed by atoms with Crippen molar-refractivity contribution in [1.82, 2.24) is 9.88 Å². The van der Waals surface area contributed by atoms with E-state index in [9.17, 15) is 4.79 Å². The number of nitrogens with zero attached hydrogens (tertiary/aromatic N) is 3. The summed E-state index contributed by atoms with van der Waals surface area (Å²) in [5, 5.41) is 1.26. The minimum absolute atomic E-state index is 0. The van der Waals surface area contributed by atoms with Gasteiger partial charge in [-0.2, -0.15) is 0 Å². The zero-order chi connectivity index (χ0) is 21.8. The molecule has 2 aromatic carbocycles. The SMILES string of the molecule is CN(C)CCCN(C(=O)COc1ccc(Cl)cc1)c1nc2cc3c(cc2s1)OCCO3.[Cl-]. The van der Waals surface area contributed by atoms with Crippen LogP contribution in [0.1, 0.15) is 6.42 Å². The van der Waals surface area contributed by atoms with Gasteiger partial charge in [0.15, 0.2) is 23.2 Å². The molecule has 0 N–H and O–H groups in total. The van der Waals surface area contributed by atoms with Gasteiger partial charge in [0.05, 0.1) is 10.2 Å². The maximum Gasteiger partial charge on any atom is 0.266 e. The lowest BCUT2D eigenvalue weighted by molar-refractivity contribution is -0.120. The average Bonchev–Trinajstić information content (AvgIpc) is 3.16. The molecule has 32 heavy (non-hydrogen) atoms. The number of ether oxygens (including phenoxy) is 3. The summed E-state index contributed by atoms with van der Waals surface area (Å²) in [5.74, 6) is 1.85. The summed E-state index contributed by atoms with van der Waals surface area (Å²) in [6.07, 6.45) is 0.818. The Morgan fingerprint density at radius 3 is 2.50 bits per heavy atom. The number of fused-ring (bicyclic) bond motifs is 2. The zero-order valence-electron chi connectivity index (χ0n) is 17.8. The average molecular weight is 497 g/mol. The quantitative estimate of drug-likeness (QED) is 0.465. The minimum atomic E-state index is -0.148. The number of amides is 1. The van der Waals surface area contributed by atoms with Gasteiger partial charge in [-0.25, -0.2) is 4.98 Å². The summed E-state index contributed by atoms with van der Waals surface area (Å²) in [6.45, 7) is 2.38. The fraction of sp³-hybridized carbons (Fsp3) is 0.364. The Morgan fingerprint density at radius 2 is 1.81 bits per heavy atom. The molecule has 1 aliphatic heterocycles. The van der Waals surface area contributed by atoms with E-state index >= 15 is 0 Å². The van der Waals surface area contributed by atoms with Crippen LogP contribution >= 0.6 is 22.9 Å². The van der Waals surface area contributed by atoms with Crippen molar-refractivity contribution in [3.8, 4) is 17.2 Å². The van der Waals surface area contributed by atoms with Gasteiger partial charge in [0.2, 0.25) is 0 Å². The number of carbonyl (C=O) groups is 1. The summed E-state index contributed by atoms with van der Waals surface area (Å²) in [4.78, 5) is 21.6. The Balaban J connectivity index is 0.00000289. The van der Waals surface area contributed by atoms with Gasteiger partial charge in [-0.05, 0) is 51.3 Å². The van der Waals surface area contributed by atoms with Crippen LogP contribution in [0.4, 0.5) is 5.13 Å². The first-order valence-corrected chi connectivity index (χ1v) is 11.2. The van der Waals surface area contributed by atoms with Crippen LogP contribution in [0.3, 0.4) is 0 Å². The highest BCUT2D eigenvalue weighted by Gasteiger charge is 2.22. The van der Waals surface area contributed by atoms with E-state index in [0.717, 1.165) is 23.2 Å². The molecule has 0 aliphatic carbocycles. The lowest BCUT2D eigenvalue weighted by atomic mass is 10.3. The predicted octanol–water partition coefficient (Wildman–Crippen LogP) is 1.09. The second-order valence-electron chi connectivity index (χ2n) is 7.40. The van der Waals surface area contributed by atoms with E-state index in [-0.39, 0.29) is 24.9 Å². The van der Waals surface area contributed by atoms with Crippen molar-refractivity contribution in [1.29, 1.82) is 0 Å². The molecule has 0 spiro atoms. The van der Waals surface area contributed by atoms with Crippen molar-refractivity contribution >= 4 is 44.2 Å². The second kappa shape index (κ2) is 11.0. The van der Waals surface area contributed by atoms with Gasteiger partial charge in [-0.15, -0.1) is 0 Å². The molecule has 0 atom stereocenters. The molecule has 0 saturated carbocycles. The molecular formula is C22H24Cl2N3O4S-. The molecule has 0 radical (unpaired) electrons. The van der Waals surface area contributed by atoms with Gasteiger partial charge in [-0.3, -0.25) is 9.69 Å². The van der Waals surface area contributed by atoms with Gasteiger partial charge in [-0.1, -0.05) is 22.9 Å². The molecule has 0 saturated heterocycles. The first-order valence-electron chi connectivity index (χ1n) is 10.0. The second-order valence-corrected chi connectivity index (χ2v) is 8.85. The number of rotatable bonds is 8. The van der Waals surface area contributed by atoms with E-state index < -0.39 is 0 Å². The minimum Gasteiger partial charge on any atom is -1.00 e. The van der Waals surface area contributed by atoms with Crippen LogP contribution in [0.2, 0.25) is 5.02 Å². The summed E-state index contributed by atoms with van der Waals surface area (Å²) in [5.41, 5.74) is 0.785. The van der Waals surface area contributed by atoms with Gasteiger partial charge >= 0.3 is 0 Å². The number of thiazole rings is 1. The summed E-state index contributed by atoms with van der Waals surface area (Å²) >= 11 is 7.37. The van der Waals surface area contributed by atoms with E-state index in [2.05, 4.69) is 4.90 Å². The third-order valence-electron chi connectivity index (χ3n) is 4.74. The predicted molar refractivity (Wildman–Crippen MR) is 123 cm³/mol. The third kappa shape index (κ3) is 5.95. The van der Waals surface area contributed by atoms with E-state index in [1.807, 2.05) is 26.2 Å². The summed E-state index contributed by atoms with van der Waals surface area (Å²) in [6, 6.07) is 10.8. The van der Waals surface area contributed by atoms with Gasteiger partial charge in [0.1, 0.15) is 19.0 Å². The van der Waals surface area contributed by atoms with Crippen LogP contribution in [0, 0.1) is 0 Å². The van der Waals surface area contributed by atoms with Crippen molar-refractivity contribution in [2.45, 2.75) is 6.42 Å². The Bertz CT molecular complexity index is 1020. The molecule has 7 nitrogen and oxygen atoms in total. The maximum absolute atomic E-state index is 13.1. The Morgan fingerprint density at radius 1 is 1.12 bits per heavy atom. The van der Waals surface area contributed by atoms with Crippen molar-refractivity contribution in [3.63, 3.8) is 0 Å². The lowest BCUT2D eigenvalue weighted by Crippen LogP contribution is -3.00. The van der Waals surface area contributed by atoms with E-state index in [1.54, 1.807) is 29.2 Å². The molecule has 10 heteroatoms. The van der Waals surface area contributed by atoms with Crippen LogP contribution < -0.4 is 31.5 Å². The highest BCUT2D eigenvalue weighted by atomic mass is 35.5. The molecule has 172 valence electrons. The molecule has 0 unspecified atom stereocenters. The normalized spacial score (nSPS) is 12.5. The Kier molecular flexibility index (Phi) is 8.42. The van der Waals surface area contributed by atoms with Gasteiger partial charge in [0.25, 0.3) is 5.91 Å². The van der Waals surface area contributed by atoms with E-state index in [0.29, 0.717) is 47.2 Å². The van der Waals surface area contributed by atoms with Crippen molar-refractivity contribution in [2.24, 2.45) is 0 Å².